The highest BCUT2D eigenvalue weighted by molar-refractivity contribution is 7.89. The molecule has 0 bridgehead atoms. The number of hydroxylamine groups is 2. The van der Waals surface area contributed by atoms with E-state index in [9.17, 15) is 31.6 Å². The molecule has 1 saturated heterocycles. The normalized spacial score (nSPS) is 15.9. The zero-order valence-corrected chi connectivity index (χ0v) is 18.3. The zero-order chi connectivity index (χ0) is 24.1. The second-order valence-electron chi connectivity index (χ2n) is 7.35. The van der Waals surface area contributed by atoms with Gasteiger partial charge in [0.2, 0.25) is 16.4 Å². The number of rotatable bonds is 6. The van der Waals surface area contributed by atoms with E-state index in [1.54, 1.807) is 35.2 Å². The number of alkyl halides is 3. The van der Waals surface area contributed by atoms with Gasteiger partial charge in [0.1, 0.15) is 6.04 Å². The van der Waals surface area contributed by atoms with E-state index >= 15 is 0 Å². The van der Waals surface area contributed by atoms with Gasteiger partial charge in [-0.2, -0.15) is 17.5 Å². The predicted molar refractivity (Wildman–Crippen MR) is 116 cm³/mol. The lowest BCUT2D eigenvalue weighted by Gasteiger charge is -2.36. The molecule has 0 radical (unpaired) electrons. The van der Waals surface area contributed by atoms with E-state index in [0.29, 0.717) is 11.3 Å². The number of piperazine rings is 1. The second-order valence-corrected chi connectivity index (χ2v) is 9.36. The molecule has 0 spiro atoms. The fraction of sp³-hybridized carbons (Fsp3) is 0.318. The van der Waals surface area contributed by atoms with Crippen LogP contribution in [0.2, 0.25) is 0 Å². The van der Waals surface area contributed by atoms with Crippen molar-refractivity contribution in [1.29, 1.82) is 0 Å². The van der Waals surface area contributed by atoms with Crippen LogP contribution >= 0.6 is 0 Å². The lowest BCUT2D eigenvalue weighted by Crippen LogP contribution is -2.51. The average molecular weight is 481 g/mol. The van der Waals surface area contributed by atoms with Gasteiger partial charge in [-0.05, 0) is 36.4 Å². The van der Waals surface area contributed by atoms with E-state index in [1.807, 2.05) is 0 Å². The predicted octanol–water partition coefficient (Wildman–Crippen LogP) is 2.43. The van der Waals surface area contributed by atoms with Gasteiger partial charge in [0.15, 0.2) is 0 Å². The van der Waals surface area contributed by atoms with E-state index in [4.69, 9.17) is 0 Å². The van der Waals surface area contributed by atoms with Crippen LogP contribution in [0, 0.1) is 11.8 Å². The number of nitrogens with zero attached hydrogens (tertiary/aromatic N) is 3. The van der Waals surface area contributed by atoms with Crippen LogP contribution in [-0.2, 0) is 21.0 Å². The Morgan fingerprint density at radius 3 is 2.18 bits per heavy atom. The molecule has 2 aromatic rings. The summed E-state index contributed by atoms with van der Waals surface area (Å²) in [6.45, 7) is 0.770. The number of carbonyl (C=O) groups excluding carboxylic acids is 1. The Balaban J connectivity index is 1.65. The van der Waals surface area contributed by atoms with Crippen LogP contribution in [-0.4, -0.2) is 67.4 Å². The van der Waals surface area contributed by atoms with Gasteiger partial charge in [-0.3, -0.25) is 10.0 Å². The van der Waals surface area contributed by atoms with Crippen molar-refractivity contribution < 1.29 is 31.6 Å². The Bertz CT molecular complexity index is 1110. The van der Waals surface area contributed by atoms with Gasteiger partial charge in [-0.1, -0.05) is 30.0 Å². The van der Waals surface area contributed by atoms with Crippen LogP contribution in [0.25, 0.3) is 0 Å². The van der Waals surface area contributed by atoms with Gasteiger partial charge in [0, 0.05) is 37.4 Å². The van der Waals surface area contributed by atoms with E-state index in [2.05, 4.69) is 11.8 Å². The largest absolute Gasteiger partial charge is 0.416 e. The van der Waals surface area contributed by atoms with Gasteiger partial charge in [0.25, 0.3) is 0 Å². The summed E-state index contributed by atoms with van der Waals surface area (Å²) in [5, 5.41) is 10.0. The van der Waals surface area contributed by atoms with Crippen molar-refractivity contribution in [2.45, 2.75) is 12.2 Å². The van der Waals surface area contributed by atoms with Gasteiger partial charge in [-0.25, -0.2) is 13.5 Å². The number of hydrogen-bond donors (Lipinski definition) is 1. The monoisotopic (exact) mass is 481 g/mol. The van der Waals surface area contributed by atoms with Crippen LogP contribution < -0.4 is 4.90 Å². The maximum absolute atomic E-state index is 12.9. The number of carbonyl (C=O) groups is 1. The first-order valence-electron chi connectivity index (χ1n) is 9.99. The fourth-order valence-corrected chi connectivity index (χ4v) is 4.90. The van der Waals surface area contributed by atoms with Crippen LogP contribution in [0.3, 0.4) is 0 Å². The number of sulfonamides is 1. The lowest BCUT2D eigenvalue weighted by molar-refractivity contribution is -0.153. The molecular formula is C22H22F3N3O4S. The summed E-state index contributed by atoms with van der Waals surface area (Å²) in [6.07, 6.45) is -4.32. The molecule has 1 unspecified atom stereocenters. The van der Waals surface area contributed by atoms with Crippen molar-refractivity contribution >= 4 is 22.1 Å². The van der Waals surface area contributed by atoms with Gasteiger partial charge >= 0.3 is 6.18 Å². The second kappa shape index (κ2) is 10.2. The minimum absolute atomic E-state index is 0.0996. The molecule has 2 aromatic carbocycles. The molecule has 33 heavy (non-hydrogen) atoms. The lowest BCUT2D eigenvalue weighted by atomic mass is 10.2. The van der Waals surface area contributed by atoms with Crippen molar-refractivity contribution in [3.05, 3.63) is 65.7 Å². The third kappa shape index (κ3) is 6.47. The molecule has 1 amide bonds. The van der Waals surface area contributed by atoms with E-state index in [1.165, 1.54) is 16.4 Å². The molecule has 1 aliphatic rings. The molecule has 11 heteroatoms. The summed E-state index contributed by atoms with van der Waals surface area (Å²) < 4.78 is 65.2. The van der Waals surface area contributed by atoms with Crippen molar-refractivity contribution in [1.82, 2.24) is 9.37 Å². The molecule has 1 heterocycles. The molecule has 0 aromatic heterocycles. The molecule has 176 valence electrons. The maximum Gasteiger partial charge on any atom is 0.416 e. The van der Waals surface area contributed by atoms with Crippen molar-refractivity contribution in [3.63, 3.8) is 0 Å². The highest BCUT2D eigenvalue weighted by atomic mass is 32.2. The Kier molecular flexibility index (Phi) is 7.63. The summed E-state index contributed by atoms with van der Waals surface area (Å²) in [6, 6.07) is 12.1. The molecular weight excluding hydrogens is 459 g/mol. The molecule has 1 fully saturated rings. The van der Waals surface area contributed by atoms with E-state index in [0.717, 1.165) is 12.1 Å². The summed E-state index contributed by atoms with van der Waals surface area (Å²) in [5.41, 5.74) is 0.414. The Hall–Kier alpha value is -3.07. The standard InChI is InChI=1S/C22H22F3N3O4S/c23-22(24,25)19-7-10-20(11-8-19)26-12-14-27(15-13-26)33(31,32)16-21(28(30)17-29)9-6-18-4-2-1-3-5-18/h1-5,7-8,10-11,17,21,30H,12-16H2. The van der Waals surface area contributed by atoms with Crippen molar-refractivity contribution in [2.75, 3.05) is 36.8 Å². The molecule has 1 N–H and O–H groups in total. The smallest absolute Gasteiger partial charge is 0.369 e. The maximum atomic E-state index is 12.9. The number of hydrogen-bond acceptors (Lipinski definition) is 5. The summed E-state index contributed by atoms with van der Waals surface area (Å²) in [5.74, 6) is 4.77. The first kappa shape index (κ1) is 24.6. The molecule has 1 aliphatic heterocycles. The minimum atomic E-state index is -4.42. The Morgan fingerprint density at radius 2 is 1.64 bits per heavy atom. The highest BCUT2D eigenvalue weighted by Gasteiger charge is 2.32. The molecule has 7 nitrogen and oxygen atoms in total. The minimum Gasteiger partial charge on any atom is -0.369 e. The molecule has 3 rings (SSSR count). The molecule has 0 aliphatic carbocycles. The van der Waals surface area contributed by atoms with E-state index < -0.39 is 33.6 Å². The SMILES string of the molecule is O=CN(O)C(C#Cc1ccccc1)CS(=O)(=O)N1CCN(c2ccc(C(F)(F)F)cc2)CC1. The highest BCUT2D eigenvalue weighted by Crippen LogP contribution is 2.30. The van der Waals surface area contributed by atoms with Gasteiger partial charge < -0.3 is 4.90 Å². The molecule has 1 atom stereocenters. The topological polar surface area (TPSA) is 81.2 Å². The summed E-state index contributed by atoms with van der Waals surface area (Å²) >= 11 is 0. The number of benzene rings is 2. The summed E-state index contributed by atoms with van der Waals surface area (Å²) in [7, 11) is -3.88. The van der Waals surface area contributed by atoms with Gasteiger partial charge in [0.05, 0.1) is 11.3 Å². The van der Waals surface area contributed by atoms with Crippen LogP contribution in [0.1, 0.15) is 11.1 Å². The third-order valence-electron chi connectivity index (χ3n) is 5.14. The Labute approximate surface area is 190 Å². The van der Waals surface area contributed by atoms with Gasteiger partial charge in [-0.15, -0.1) is 0 Å². The fourth-order valence-electron chi connectivity index (χ4n) is 3.34. The number of amides is 1. The average Bonchev–Trinajstić information content (AvgIpc) is 2.81. The quantitative estimate of drug-likeness (QED) is 0.297. The molecule has 0 saturated carbocycles. The first-order chi connectivity index (χ1) is 15.6. The first-order valence-corrected chi connectivity index (χ1v) is 11.6. The number of anilines is 1. The summed E-state index contributed by atoms with van der Waals surface area (Å²) in [4.78, 5) is 12.8. The van der Waals surface area contributed by atoms with Crippen molar-refractivity contribution in [3.8, 4) is 11.8 Å². The third-order valence-corrected chi connectivity index (χ3v) is 7.03. The van der Waals surface area contributed by atoms with Crippen molar-refractivity contribution in [2.24, 2.45) is 0 Å². The van der Waals surface area contributed by atoms with Crippen LogP contribution in [0.15, 0.2) is 54.6 Å². The van der Waals surface area contributed by atoms with Crippen LogP contribution in [0.4, 0.5) is 18.9 Å². The Morgan fingerprint density at radius 1 is 1.03 bits per heavy atom. The van der Waals surface area contributed by atoms with Crippen LogP contribution in [0.5, 0.6) is 0 Å². The zero-order valence-electron chi connectivity index (χ0n) is 17.4. The number of halogens is 3. The van der Waals surface area contributed by atoms with E-state index in [-0.39, 0.29) is 37.7 Å².